The zero-order valence-corrected chi connectivity index (χ0v) is 12.5. The Kier molecular flexibility index (Phi) is 3.13. The first-order valence-corrected chi connectivity index (χ1v) is 7.39. The van der Waals surface area contributed by atoms with E-state index < -0.39 is 11.8 Å². The Balaban J connectivity index is 1.86. The zero-order valence-electron chi connectivity index (χ0n) is 12.5. The summed E-state index contributed by atoms with van der Waals surface area (Å²) in [5, 5.41) is 10.6. The number of para-hydroxylation sites is 1. The lowest BCUT2D eigenvalue weighted by atomic mass is 10.1. The number of nitrogens with zero attached hydrogens (tertiary/aromatic N) is 2. The number of amides is 2. The molecule has 116 valence electrons. The minimum atomic E-state index is -0.543. The normalized spacial score (nSPS) is 13.2. The van der Waals surface area contributed by atoms with Crippen molar-refractivity contribution in [3.8, 4) is 17.0 Å². The number of pyridine rings is 1. The molecule has 0 radical (unpaired) electrons. The van der Waals surface area contributed by atoms with E-state index in [1.165, 1.54) is 6.20 Å². The van der Waals surface area contributed by atoms with E-state index in [0.29, 0.717) is 11.3 Å². The topological polar surface area (TPSA) is 70.5 Å². The van der Waals surface area contributed by atoms with Crippen molar-refractivity contribution in [1.82, 2.24) is 4.98 Å². The van der Waals surface area contributed by atoms with E-state index in [4.69, 9.17) is 0 Å². The third kappa shape index (κ3) is 1.99. The van der Waals surface area contributed by atoms with Crippen LogP contribution in [0.1, 0.15) is 20.7 Å². The quantitative estimate of drug-likeness (QED) is 0.737. The SMILES string of the molecule is O=C1c2cnc(-c3ccccc3)c(O)c2C(=O)N1c1ccccc1. The van der Waals surface area contributed by atoms with Gasteiger partial charge in [-0.25, -0.2) is 4.90 Å². The maximum Gasteiger partial charge on any atom is 0.270 e. The number of anilines is 1. The van der Waals surface area contributed by atoms with Crippen molar-refractivity contribution in [2.75, 3.05) is 4.90 Å². The largest absolute Gasteiger partial charge is 0.505 e. The predicted octanol–water partition coefficient (Wildman–Crippen LogP) is 3.25. The van der Waals surface area contributed by atoms with Crippen LogP contribution in [0.2, 0.25) is 0 Å². The van der Waals surface area contributed by atoms with Gasteiger partial charge in [0.1, 0.15) is 5.69 Å². The van der Waals surface area contributed by atoms with Crippen LogP contribution >= 0.6 is 0 Å². The third-order valence-electron chi connectivity index (χ3n) is 3.97. The van der Waals surface area contributed by atoms with Gasteiger partial charge in [-0.3, -0.25) is 14.6 Å². The summed E-state index contributed by atoms with van der Waals surface area (Å²) in [4.78, 5) is 30.5. The van der Waals surface area contributed by atoms with Gasteiger partial charge < -0.3 is 5.11 Å². The zero-order chi connectivity index (χ0) is 16.7. The fourth-order valence-electron chi connectivity index (χ4n) is 2.82. The van der Waals surface area contributed by atoms with Crippen molar-refractivity contribution in [2.45, 2.75) is 0 Å². The van der Waals surface area contributed by atoms with Gasteiger partial charge in [0.2, 0.25) is 0 Å². The van der Waals surface area contributed by atoms with E-state index in [-0.39, 0.29) is 22.6 Å². The van der Waals surface area contributed by atoms with Gasteiger partial charge >= 0.3 is 0 Å². The summed E-state index contributed by atoms with van der Waals surface area (Å²) in [5.41, 5.74) is 1.53. The molecule has 5 heteroatoms. The standard InChI is InChI=1S/C19H12N2O3/c22-17-15-14(11-20-16(17)12-7-3-1-4-8-12)18(23)21(19(15)24)13-9-5-2-6-10-13/h1-11,22H. The molecule has 3 aromatic rings. The van der Waals surface area contributed by atoms with Crippen LogP contribution in [-0.4, -0.2) is 21.9 Å². The highest BCUT2D eigenvalue weighted by molar-refractivity contribution is 6.35. The van der Waals surface area contributed by atoms with Crippen LogP contribution in [-0.2, 0) is 0 Å². The van der Waals surface area contributed by atoms with Crippen LogP contribution in [0.4, 0.5) is 5.69 Å². The molecule has 1 aliphatic rings. The molecular weight excluding hydrogens is 304 g/mol. The molecule has 4 rings (SSSR count). The molecule has 0 unspecified atom stereocenters. The Labute approximate surface area is 137 Å². The van der Waals surface area contributed by atoms with Gasteiger partial charge in [0.15, 0.2) is 5.75 Å². The molecule has 2 heterocycles. The van der Waals surface area contributed by atoms with Crippen LogP contribution in [0.3, 0.4) is 0 Å². The molecule has 0 saturated carbocycles. The van der Waals surface area contributed by atoms with E-state index in [2.05, 4.69) is 4.98 Å². The minimum Gasteiger partial charge on any atom is -0.505 e. The first kappa shape index (κ1) is 14.1. The highest BCUT2D eigenvalue weighted by Crippen LogP contribution is 2.38. The van der Waals surface area contributed by atoms with Crippen molar-refractivity contribution < 1.29 is 14.7 Å². The number of carbonyl (C=O) groups is 2. The van der Waals surface area contributed by atoms with Crippen LogP contribution in [0.5, 0.6) is 5.75 Å². The van der Waals surface area contributed by atoms with Gasteiger partial charge in [0, 0.05) is 11.8 Å². The lowest BCUT2D eigenvalue weighted by Gasteiger charge is -2.13. The number of aromatic nitrogens is 1. The molecule has 2 amide bonds. The van der Waals surface area contributed by atoms with E-state index in [9.17, 15) is 14.7 Å². The van der Waals surface area contributed by atoms with Crippen molar-refractivity contribution in [3.05, 3.63) is 78.0 Å². The Bertz CT molecular complexity index is 953. The van der Waals surface area contributed by atoms with E-state index >= 15 is 0 Å². The summed E-state index contributed by atoms with van der Waals surface area (Å²) >= 11 is 0. The van der Waals surface area contributed by atoms with Crippen LogP contribution < -0.4 is 4.90 Å². The second-order valence-corrected chi connectivity index (χ2v) is 5.39. The minimum absolute atomic E-state index is 0.00212. The summed E-state index contributed by atoms with van der Waals surface area (Å²) in [6, 6.07) is 17.7. The highest BCUT2D eigenvalue weighted by atomic mass is 16.3. The summed E-state index contributed by atoms with van der Waals surface area (Å²) in [6.07, 6.45) is 1.35. The van der Waals surface area contributed by atoms with Gasteiger partial charge in [0.05, 0.1) is 16.8 Å². The fourth-order valence-corrected chi connectivity index (χ4v) is 2.82. The predicted molar refractivity (Wildman–Crippen MR) is 88.9 cm³/mol. The summed E-state index contributed by atoms with van der Waals surface area (Å²) in [5.74, 6) is -1.29. The Hall–Kier alpha value is -3.47. The summed E-state index contributed by atoms with van der Waals surface area (Å²) < 4.78 is 0. The van der Waals surface area contributed by atoms with Crippen molar-refractivity contribution in [2.24, 2.45) is 0 Å². The molecule has 0 atom stereocenters. The van der Waals surface area contributed by atoms with E-state index in [1.54, 1.807) is 42.5 Å². The number of imide groups is 1. The van der Waals surface area contributed by atoms with Gasteiger partial charge in [-0.05, 0) is 12.1 Å². The highest BCUT2D eigenvalue weighted by Gasteiger charge is 2.40. The molecule has 1 N–H and O–H groups in total. The summed E-state index contributed by atoms with van der Waals surface area (Å²) in [7, 11) is 0. The molecule has 1 aromatic heterocycles. The average Bonchev–Trinajstić information content (AvgIpc) is 2.88. The molecule has 0 spiro atoms. The lowest BCUT2D eigenvalue weighted by molar-refractivity contribution is 0.0925. The maximum absolute atomic E-state index is 12.7. The van der Waals surface area contributed by atoms with E-state index in [1.807, 2.05) is 18.2 Å². The van der Waals surface area contributed by atoms with Crippen LogP contribution in [0, 0.1) is 0 Å². The molecule has 0 fully saturated rings. The Morgan fingerprint density at radius 3 is 2.12 bits per heavy atom. The van der Waals surface area contributed by atoms with Crippen molar-refractivity contribution in [3.63, 3.8) is 0 Å². The molecule has 5 nitrogen and oxygen atoms in total. The number of carbonyl (C=O) groups excluding carboxylic acids is 2. The lowest BCUT2D eigenvalue weighted by Crippen LogP contribution is -2.29. The second-order valence-electron chi connectivity index (χ2n) is 5.39. The van der Waals surface area contributed by atoms with Crippen LogP contribution in [0.25, 0.3) is 11.3 Å². The monoisotopic (exact) mass is 316 g/mol. The molecule has 24 heavy (non-hydrogen) atoms. The molecule has 0 aliphatic carbocycles. The first-order valence-electron chi connectivity index (χ1n) is 7.39. The van der Waals surface area contributed by atoms with Crippen molar-refractivity contribution in [1.29, 1.82) is 0 Å². The van der Waals surface area contributed by atoms with Crippen molar-refractivity contribution >= 4 is 17.5 Å². The Morgan fingerprint density at radius 2 is 1.46 bits per heavy atom. The number of aromatic hydroxyl groups is 1. The fraction of sp³-hybridized carbons (Fsp3) is 0. The molecule has 0 saturated heterocycles. The summed E-state index contributed by atoms with van der Waals surface area (Å²) in [6.45, 7) is 0. The van der Waals surface area contributed by atoms with E-state index in [0.717, 1.165) is 4.90 Å². The number of rotatable bonds is 2. The Morgan fingerprint density at radius 1 is 0.833 bits per heavy atom. The van der Waals surface area contributed by atoms with Gasteiger partial charge in [-0.1, -0.05) is 48.5 Å². The average molecular weight is 316 g/mol. The van der Waals surface area contributed by atoms with Gasteiger partial charge in [-0.15, -0.1) is 0 Å². The molecule has 1 aliphatic heterocycles. The molecule has 0 bridgehead atoms. The first-order chi connectivity index (χ1) is 11.7. The number of hydrogen-bond acceptors (Lipinski definition) is 4. The molecule has 2 aromatic carbocycles. The smallest absolute Gasteiger partial charge is 0.270 e. The third-order valence-corrected chi connectivity index (χ3v) is 3.97. The van der Waals surface area contributed by atoms with Gasteiger partial charge in [-0.2, -0.15) is 0 Å². The number of benzene rings is 2. The number of fused-ring (bicyclic) bond motifs is 1. The number of hydrogen-bond donors (Lipinski definition) is 1. The van der Waals surface area contributed by atoms with Crippen LogP contribution in [0.15, 0.2) is 66.9 Å². The molecular formula is C19H12N2O3. The van der Waals surface area contributed by atoms with Gasteiger partial charge in [0.25, 0.3) is 11.8 Å². The maximum atomic E-state index is 12.7. The second kappa shape index (κ2) is 5.31.